The van der Waals surface area contributed by atoms with Crippen LogP contribution in [0.15, 0.2) is 48.5 Å². The van der Waals surface area contributed by atoms with Crippen LogP contribution in [0.2, 0.25) is 5.02 Å². The number of fused-ring (bicyclic) bond motifs is 1. The summed E-state index contributed by atoms with van der Waals surface area (Å²) in [5.41, 5.74) is 1.73. The van der Waals surface area contributed by atoms with Gasteiger partial charge in [0.25, 0.3) is 5.91 Å². The van der Waals surface area contributed by atoms with Gasteiger partial charge in [0.15, 0.2) is 0 Å². The highest BCUT2D eigenvalue weighted by Crippen LogP contribution is 2.23. The quantitative estimate of drug-likeness (QED) is 0.790. The topological polar surface area (TPSA) is 75.4 Å². The molecule has 7 heteroatoms. The Morgan fingerprint density at radius 1 is 1.17 bits per heavy atom. The number of rotatable bonds is 4. The SMILES string of the molecule is CN(C(=O)c1ccc(Cl)cc1)c1nc2ccccc2n1CC(=O)O. The number of amides is 1. The molecule has 0 saturated carbocycles. The van der Waals surface area contributed by atoms with Gasteiger partial charge in [-0.15, -0.1) is 0 Å². The third-order valence-corrected chi connectivity index (χ3v) is 3.88. The van der Waals surface area contributed by atoms with E-state index in [0.717, 1.165) is 0 Å². The summed E-state index contributed by atoms with van der Waals surface area (Å²) in [5, 5.41) is 9.70. The van der Waals surface area contributed by atoms with E-state index in [9.17, 15) is 14.7 Å². The molecule has 0 bridgehead atoms. The molecule has 1 heterocycles. The first-order valence-corrected chi connectivity index (χ1v) is 7.56. The predicted octanol–water partition coefficient (Wildman–Crippen LogP) is 3.05. The van der Waals surface area contributed by atoms with Gasteiger partial charge in [-0.25, -0.2) is 4.98 Å². The van der Waals surface area contributed by atoms with E-state index >= 15 is 0 Å². The van der Waals surface area contributed by atoms with Gasteiger partial charge in [-0.2, -0.15) is 0 Å². The molecule has 0 unspecified atom stereocenters. The number of carbonyl (C=O) groups excluding carboxylic acids is 1. The number of carbonyl (C=O) groups is 2. The van der Waals surface area contributed by atoms with Crippen molar-refractivity contribution in [1.29, 1.82) is 0 Å². The molecular formula is C17H14ClN3O3. The molecule has 3 aromatic rings. The van der Waals surface area contributed by atoms with Gasteiger partial charge in [-0.05, 0) is 36.4 Å². The Morgan fingerprint density at radius 2 is 1.83 bits per heavy atom. The van der Waals surface area contributed by atoms with E-state index in [0.29, 0.717) is 21.6 Å². The summed E-state index contributed by atoms with van der Waals surface area (Å²) >= 11 is 5.84. The summed E-state index contributed by atoms with van der Waals surface area (Å²) in [7, 11) is 1.57. The molecule has 3 rings (SSSR count). The molecule has 0 radical (unpaired) electrons. The molecule has 1 N–H and O–H groups in total. The van der Waals surface area contributed by atoms with Crippen molar-refractivity contribution >= 4 is 40.5 Å². The van der Waals surface area contributed by atoms with E-state index in [-0.39, 0.29) is 18.4 Å². The van der Waals surface area contributed by atoms with Crippen LogP contribution in [-0.2, 0) is 11.3 Å². The van der Waals surface area contributed by atoms with Crippen LogP contribution in [0, 0.1) is 0 Å². The number of hydrogen-bond acceptors (Lipinski definition) is 3. The summed E-state index contributed by atoms with van der Waals surface area (Å²) < 4.78 is 1.51. The zero-order chi connectivity index (χ0) is 17.3. The second-order valence-corrected chi connectivity index (χ2v) is 5.69. The van der Waals surface area contributed by atoms with E-state index in [4.69, 9.17) is 11.6 Å². The number of carboxylic acids is 1. The van der Waals surface area contributed by atoms with E-state index in [1.54, 1.807) is 49.5 Å². The number of nitrogens with zero attached hydrogens (tertiary/aromatic N) is 3. The van der Waals surface area contributed by atoms with Gasteiger partial charge >= 0.3 is 5.97 Å². The van der Waals surface area contributed by atoms with Crippen LogP contribution >= 0.6 is 11.6 Å². The first kappa shape index (κ1) is 16.0. The highest BCUT2D eigenvalue weighted by atomic mass is 35.5. The van der Waals surface area contributed by atoms with Crippen LogP contribution in [0.25, 0.3) is 11.0 Å². The molecule has 2 aromatic carbocycles. The van der Waals surface area contributed by atoms with Crippen LogP contribution < -0.4 is 4.90 Å². The Morgan fingerprint density at radius 3 is 2.50 bits per heavy atom. The molecular weight excluding hydrogens is 330 g/mol. The fourth-order valence-electron chi connectivity index (χ4n) is 2.49. The van der Waals surface area contributed by atoms with Gasteiger partial charge in [-0.1, -0.05) is 23.7 Å². The minimum atomic E-state index is -1.01. The minimum absolute atomic E-state index is 0.276. The highest BCUT2D eigenvalue weighted by molar-refractivity contribution is 6.30. The van der Waals surface area contributed by atoms with Crippen LogP contribution in [0.4, 0.5) is 5.95 Å². The number of imidazole rings is 1. The lowest BCUT2D eigenvalue weighted by atomic mass is 10.2. The number of anilines is 1. The third-order valence-electron chi connectivity index (χ3n) is 3.62. The fourth-order valence-corrected chi connectivity index (χ4v) is 2.61. The van der Waals surface area contributed by atoms with Crippen LogP contribution in [-0.4, -0.2) is 33.6 Å². The lowest BCUT2D eigenvalue weighted by Crippen LogP contribution is -2.29. The Kier molecular flexibility index (Phi) is 4.22. The van der Waals surface area contributed by atoms with Crippen molar-refractivity contribution in [2.75, 3.05) is 11.9 Å². The number of hydrogen-bond donors (Lipinski definition) is 1. The number of aliphatic carboxylic acids is 1. The molecule has 122 valence electrons. The molecule has 0 spiro atoms. The maximum Gasteiger partial charge on any atom is 0.323 e. The van der Waals surface area contributed by atoms with E-state index in [2.05, 4.69) is 4.98 Å². The first-order valence-electron chi connectivity index (χ1n) is 7.18. The van der Waals surface area contributed by atoms with E-state index in [1.807, 2.05) is 6.07 Å². The van der Waals surface area contributed by atoms with Crippen molar-refractivity contribution in [2.45, 2.75) is 6.54 Å². The molecule has 24 heavy (non-hydrogen) atoms. The number of carboxylic acid groups (broad SMARTS) is 1. The summed E-state index contributed by atoms with van der Waals surface area (Å²) in [6, 6.07) is 13.6. The largest absolute Gasteiger partial charge is 0.480 e. The fraction of sp³-hybridized carbons (Fsp3) is 0.118. The Bertz CT molecular complexity index is 918. The first-order chi connectivity index (χ1) is 11.5. The van der Waals surface area contributed by atoms with Gasteiger partial charge in [-0.3, -0.25) is 19.1 Å². The summed E-state index contributed by atoms with van der Waals surface area (Å²) in [6.07, 6.45) is 0. The standard InChI is InChI=1S/C17H14ClN3O3/c1-20(16(24)11-6-8-12(18)9-7-11)17-19-13-4-2-3-5-14(13)21(17)10-15(22)23/h2-9H,10H2,1H3,(H,22,23). The second kappa shape index (κ2) is 6.33. The lowest BCUT2D eigenvalue weighted by molar-refractivity contribution is -0.137. The van der Waals surface area contributed by atoms with Crippen molar-refractivity contribution in [3.63, 3.8) is 0 Å². The Hall–Kier alpha value is -2.86. The molecule has 0 aliphatic rings. The van der Waals surface area contributed by atoms with Crippen LogP contribution in [0.3, 0.4) is 0 Å². The van der Waals surface area contributed by atoms with Gasteiger partial charge < -0.3 is 5.11 Å². The van der Waals surface area contributed by atoms with Crippen molar-refractivity contribution in [3.05, 3.63) is 59.1 Å². The van der Waals surface area contributed by atoms with Crippen molar-refractivity contribution < 1.29 is 14.7 Å². The number of aromatic nitrogens is 2. The predicted molar refractivity (Wildman–Crippen MR) is 91.6 cm³/mol. The normalized spacial score (nSPS) is 10.8. The maximum atomic E-state index is 12.7. The molecule has 1 aromatic heterocycles. The molecule has 0 aliphatic heterocycles. The van der Waals surface area contributed by atoms with Crippen molar-refractivity contribution in [1.82, 2.24) is 9.55 Å². The van der Waals surface area contributed by atoms with Crippen molar-refractivity contribution in [3.8, 4) is 0 Å². The Labute approximate surface area is 142 Å². The summed E-state index contributed by atoms with van der Waals surface area (Å²) in [4.78, 5) is 29.6. The second-order valence-electron chi connectivity index (χ2n) is 5.25. The van der Waals surface area contributed by atoms with Crippen molar-refractivity contribution in [2.24, 2.45) is 0 Å². The average Bonchev–Trinajstić information content (AvgIpc) is 2.92. The molecule has 1 amide bonds. The van der Waals surface area contributed by atoms with Gasteiger partial charge in [0.2, 0.25) is 5.95 Å². The number of halogens is 1. The molecule has 6 nitrogen and oxygen atoms in total. The van der Waals surface area contributed by atoms with Gasteiger partial charge in [0, 0.05) is 17.6 Å². The van der Waals surface area contributed by atoms with Gasteiger partial charge in [0.1, 0.15) is 6.54 Å². The maximum absolute atomic E-state index is 12.7. The zero-order valence-electron chi connectivity index (χ0n) is 12.8. The molecule has 0 saturated heterocycles. The average molecular weight is 344 g/mol. The Balaban J connectivity index is 2.05. The van der Waals surface area contributed by atoms with E-state index in [1.165, 1.54) is 9.47 Å². The highest BCUT2D eigenvalue weighted by Gasteiger charge is 2.21. The number of para-hydroxylation sites is 2. The zero-order valence-corrected chi connectivity index (χ0v) is 13.6. The van der Waals surface area contributed by atoms with E-state index < -0.39 is 5.97 Å². The third kappa shape index (κ3) is 2.96. The molecule has 0 atom stereocenters. The van der Waals surface area contributed by atoms with Crippen LogP contribution in [0.1, 0.15) is 10.4 Å². The molecule has 0 aliphatic carbocycles. The minimum Gasteiger partial charge on any atom is -0.480 e. The summed E-state index contributed by atoms with van der Waals surface area (Å²) in [5.74, 6) is -1.03. The van der Waals surface area contributed by atoms with Crippen LogP contribution in [0.5, 0.6) is 0 Å². The summed E-state index contributed by atoms with van der Waals surface area (Å²) in [6.45, 7) is -0.284. The molecule has 0 fully saturated rings. The lowest BCUT2D eigenvalue weighted by Gasteiger charge is -2.17. The smallest absolute Gasteiger partial charge is 0.323 e. The van der Waals surface area contributed by atoms with Gasteiger partial charge in [0.05, 0.1) is 11.0 Å². The number of benzene rings is 2. The monoisotopic (exact) mass is 343 g/mol.